The Bertz CT molecular complexity index is 387. The number of aliphatic hydroxyl groups is 1. The topological polar surface area (TPSA) is 79.2 Å². The Morgan fingerprint density at radius 1 is 1.56 bits per heavy atom. The largest absolute Gasteiger partial charge is 0.393 e. The van der Waals surface area contributed by atoms with Crippen LogP contribution >= 0.6 is 0 Å². The molecule has 1 atom stereocenters. The van der Waals surface area contributed by atoms with Crippen molar-refractivity contribution < 1.29 is 9.90 Å². The number of aryl methyl sites for hydroxylation is 2. The number of nitrogens with one attached hydrogen (secondary N) is 2. The van der Waals surface area contributed by atoms with Crippen molar-refractivity contribution in [3.8, 4) is 0 Å². The third-order valence-electron chi connectivity index (χ3n) is 2.61. The molecule has 0 radical (unpaired) electrons. The van der Waals surface area contributed by atoms with E-state index in [1.807, 2.05) is 20.2 Å². The number of hydrogen-bond donors (Lipinski definition) is 3. The van der Waals surface area contributed by atoms with Gasteiger partial charge in [-0.05, 0) is 19.8 Å². The molecule has 0 bridgehead atoms. The lowest BCUT2D eigenvalue weighted by Gasteiger charge is -2.08. The first-order valence-corrected chi connectivity index (χ1v) is 6.24. The van der Waals surface area contributed by atoms with Crippen LogP contribution in [-0.2, 0) is 20.0 Å². The van der Waals surface area contributed by atoms with Gasteiger partial charge in [-0.25, -0.2) is 4.79 Å². The van der Waals surface area contributed by atoms with Crippen LogP contribution in [0.1, 0.15) is 31.5 Å². The van der Waals surface area contributed by atoms with Crippen LogP contribution in [0.4, 0.5) is 4.79 Å². The first-order chi connectivity index (χ1) is 8.52. The van der Waals surface area contributed by atoms with E-state index < -0.39 is 6.10 Å². The average Bonchev–Trinajstić information content (AvgIpc) is 2.66. The molecular weight excluding hydrogens is 232 g/mol. The molecule has 18 heavy (non-hydrogen) atoms. The van der Waals surface area contributed by atoms with E-state index in [9.17, 15) is 4.79 Å². The Morgan fingerprint density at radius 2 is 2.28 bits per heavy atom. The van der Waals surface area contributed by atoms with Crippen LogP contribution in [0.5, 0.6) is 0 Å². The quantitative estimate of drug-likeness (QED) is 0.693. The number of rotatable bonds is 6. The van der Waals surface area contributed by atoms with Crippen LogP contribution in [0.2, 0.25) is 0 Å². The van der Waals surface area contributed by atoms with Crippen LogP contribution < -0.4 is 10.6 Å². The second kappa shape index (κ2) is 7.00. The minimum Gasteiger partial charge on any atom is -0.393 e. The fraction of sp³-hybridized carbons (Fsp3) is 0.667. The van der Waals surface area contributed by atoms with Crippen molar-refractivity contribution in [2.24, 2.45) is 7.05 Å². The van der Waals surface area contributed by atoms with Gasteiger partial charge in [0.15, 0.2) is 0 Å². The average molecular weight is 254 g/mol. The maximum absolute atomic E-state index is 11.5. The molecule has 6 nitrogen and oxygen atoms in total. The van der Waals surface area contributed by atoms with Crippen molar-refractivity contribution in [2.45, 2.75) is 39.3 Å². The lowest BCUT2D eigenvalue weighted by molar-refractivity contribution is 0.183. The van der Waals surface area contributed by atoms with Gasteiger partial charge in [0.25, 0.3) is 0 Å². The number of urea groups is 1. The van der Waals surface area contributed by atoms with Crippen molar-refractivity contribution >= 4 is 6.03 Å². The summed E-state index contributed by atoms with van der Waals surface area (Å²) in [6.45, 7) is 4.67. The maximum Gasteiger partial charge on any atom is 0.315 e. The summed E-state index contributed by atoms with van der Waals surface area (Å²) in [5.41, 5.74) is 2.03. The van der Waals surface area contributed by atoms with Crippen LogP contribution in [0.25, 0.3) is 0 Å². The smallest absolute Gasteiger partial charge is 0.315 e. The first kappa shape index (κ1) is 14.5. The third-order valence-corrected chi connectivity index (χ3v) is 2.61. The van der Waals surface area contributed by atoms with Gasteiger partial charge in [0.05, 0.1) is 11.8 Å². The zero-order valence-electron chi connectivity index (χ0n) is 11.2. The minimum atomic E-state index is -0.393. The molecule has 0 saturated carbocycles. The molecule has 1 unspecified atom stereocenters. The Morgan fingerprint density at radius 3 is 2.89 bits per heavy atom. The highest BCUT2D eigenvalue weighted by Crippen LogP contribution is 2.06. The predicted molar refractivity (Wildman–Crippen MR) is 69.1 cm³/mol. The fourth-order valence-electron chi connectivity index (χ4n) is 1.66. The first-order valence-electron chi connectivity index (χ1n) is 6.24. The number of aliphatic hydroxyl groups excluding tert-OH is 1. The van der Waals surface area contributed by atoms with Crippen LogP contribution in [-0.4, -0.2) is 33.6 Å². The van der Waals surface area contributed by atoms with E-state index >= 15 is 0 Å². The summed E-state index contributed by atoms with van der Waals surface area (Å²) in [6.07, 6.45) is 2.92. The van der Waals surface area contributed by atoms with Gasteiger partial charge in [-0.2, -0.15) is 5.10 Å². The molecule has 3 N–H and O–H groups in total. The van der Waals surface area contributed by atoms with Crippen molar-refractivity contribution in [2.75, 3.05) is 6.54 Å². The van der Waals surface area contributed by atoms with E-state index in [4.69, 9.17) is 5.11 Å². The highest BCUT2D eigenvalue weighted by Gasteiger charge is 2.07. The third kappa shape index (κ3) is 4.75. The summed E-state index contributed by atoms with van der Waals surface area (Å²) in [6, 6.07) is -0.221. The molecule has 0 saturated heterocycles. The van der Waals surface area contributed by atoms with Crippen molar-refractivity contribution in [1.29, 1.82) is 0 Å². The molecule has 0 fully saturated rings. The van der Waals surface area contributed by atoms with E-state index in [0.717, 1.165) is 17.7 Å². The second-order valence-corrected chi connectivity index (χ2v) is 4.38. The summed E-state index contributed by atoms with van der Waals surface area (Å²) < 4.78 is 1.75. The number of nitrogens with zero attached hydrogens (tertiary/aromatic N) is 2. The van der Waals surface area contributed by atoms with Gasteiger partial charge < -0.3 is 15.7 Å². The van der Waals surface area contributed by atoms with Gasteiger partial charge in [0.2, 0.25) is 0 Å². The van der Waals surface area contributed by atoms with Gasteiger partial charge in [0.1, 0.15) is 0 Å². The lowest BCUT2D eigenvalue weighted by Crippen LogP contribution is -2.36. The van der Waals surface area contributed by atoms with E-state index in [-0.39, 0.29) is 6.03 Å². The van der Waals surface area contributed by atoms with Crippen molar-refractivity contribution in [3.05, 3.63) is 17.5 Å². The molecule has 0 aromatic carbocycles. The van der Waals surface area contributed by atoms with Gasteiger partial charge in [0, 0.05) is 31.9 Å². The highest BCUT2D eigenvalue weighted by atomic mass is 16.3. The monoisotopic (exact) mass is 254 g/mol. The molecule has 2 amide bonds. The van der Waals surface area contributed by atoms with Crippen molar-refractivity contribution in [1.82, 2.24) is 20.4 Å². The van der Waals surface area contributed by atoms with Crippen LogP contribution in [0.15, 0.2) is 6.20 Å². The summed E-state index contributed by atoms with van der Waals surface area (Å²) in [4.78, 5) is 11.5. The number of aromatic nitrogens is 2. The number of amides is 2. The molecule has 1 rings (SSSR count). The van der Waals surface area contributed by atoms with Crippen LogP contribution in [0.3, 0.4) is 0 Å². The maximum atomic E-state index is 11.5. The molecule has 1 heterocycles. The molecule has 0 aliphatic carbocycles. The van der Waals surface area contributed by atoms with Crippen molar-refractivity contribution in [3.63, 3.8) is 0 Å². The Hall–Kier alpha value is -1.56. The second-order valence-electron chi connectivity index (χ2n) is 4.38. The van der Waals surface area contributed by atoms with Gasteiger partial charge in [-0.15, -0.1) is 0 Å². The van der Waals surface area contributed by atoms with Gasteiger partial charge >= 0.3 is 6.03 Å². The summed E-state index contributed by atoms with van der Waals surface area (Å²) in [5.74, 6) is 0. The molecule has 1 aromatic rings. The highest BCUT2D eigenvalue weighted by molar-refractivity contribution is 5.73. The molecule has 1 aromatic heterocycles. The molecule has 102 valence electrons. The predicted octanol–water partition coefficient (Wildman–Crippen LogP) is 0.553. The van der Waals surface area contributed by atoms with Gasteiger partial charge in [-0.3, -0.25) is 4.68 Å². The molecule has 0 spiro atoms. The van der Waals surface area contributed by atoms with E-state index in [2.05, 4.69) is 15.7 Å². The lowest BCUT2D eigenvalue weighted by atomic mass is 10.2. The summed E-state index contributed by atoms with van der Waals surface area (Å²) >= 11 is 0. The SMILES string of the molecule is CCc1nn(C)cc1CNC(=O)NCCC(C)O. The zero-order valence-corrected chi connectivity index (χ0v) is 11.2. The van der Waals surface area contributed by atoms with E-state index in [1.165, 1.54) is 0 Å². The summed E-state index contributed by atoms with van der Waals surface area (Å²) in [7, 11) is 1.87. The molecular formula is C12H22N4O2. The number of carbonyl (C=O) groups is 1. The Labute approximate surface area is 107 Å². The molecule has 6 heteroatoms. The van der Waals surface area contributed by atoms with Gasteiger partial charge in [-0.1, -0.05) is 6.92 Å². The fourth-order valence-corrected chi connectivity index (χ4v) is 1.66. The summed E-state index contributed by atoms with van der Waals surface area (Å²) in [5, 5.41) is 18.8. The normalized spacial score (nSPS) is 12.2. The standard InChI is InChI=1S/C12H22N4O2/c1-4-11-10(8-16(3)15-11)7-14-12(18)13-6-5-9(2)17/h8-9,17H,4-7H2,1-3H3,(H2,13,14,18). The van der Waals surface area contributed by atoms with Crippen LogP contribution in [0, 0.1) is 0 Å². The number of hydrogen-bond acceptors (Lipinski definition) is 3. The minimum absolute atomic E-state index is 0.221. The van der Waals surface area contributed by atoms with E-state index in [1.54, 1.807) is 11.6 Å². The number of carbonyl (C=O) groups excluding carboxylic acids is 1. The molecule has 0 aliphatic heterocycles. The Kier molecular flexibility index (Phi) is 5.64. The Balaban J connectivity index is 2.33. The molecule has 0 aliphatic rings. The zero-order chi connectivity index (χ0) is 13.5. The van der Waals surface area contributed by atoms with E-state index in [0.29, 0.717) is 19.5 Å².